The number of rotatable bonds is 8. The quantitative estimate of drug-likeness (QED) is 0.757. The Balaban J connectivity index is 2.11. The van der Waals surface area contributed by atoms with Crippen LogP contribution in [-0.4, -0.2) is 15.0 Å². The van der Waals surface area contributed by atoms with E-state index in [4.69, 9.17) is 5.73 Å². The second-order valence-electron chi connectivity index (χ2n) is 5.23. The van der Waals surface area contributed by atoms with Crippen LogP contribution in [0.5, 0.6) is 0 Å². The zero-order chi connectivity index (χ0) is 15.1. The van der Waals surface area contributed by atoms with Crippen molar-refractivity contribution in [1.82, 2.24) is 15.0 Å². The van der Waals surface area contributed by atoms with Gasteiger partial charge in [0.15, 0.2) is 0 Å². The van der Waals surface area contributed by atoms with Gasteiger partial charge in [-0.3, -0.25) is 0 Å². The Kier molecular flexibility index (Phi) is 5.87. The molecule has 0 saturated carbocycles. The minimum absolute atomic E-state index is 0.244. The van der Waals surface area contributed by atoms with Gasteiger partial charge in [0.25, 0.3) is 0 Å². The molecule has 0 aliphatic heterocycles. The van der Waals surface area contributed by atoms with Gasteiger partial charge in [0.05, 0.1) is 5.69 Å². The van der Waals surface area contributed by atoms with Gasteiger partial charge >= 0.3 is 0 Å². The van der Waals surface area contributed by atoms with Crippen molar-refractivity contribution in [3.8, 4) is 11.3 Å². The molecule has 0 unspecified atom stereocenters. The van der Waals surface area contributed by atoms with Crippen LogP contribution in [0.25, 0.3) is 11.3 Å². The lowest BCUT2D eigenvalue weighted by Crippen LogP contribution is -2.05. The highest BCUT2D eigenvalue weighted by atomic mass is 19.1. The van der Waals surface area contributed by atoms with Gasteiger partial charge in [-0.25, -0.2) is 9.07 Å². The molecule has 0 aliphatic rings. The molecule has 0 spiro atoms. The average Bonchev–Trinajstić information content (AvgIpc) is 2.91. The van der Waals surface area contributed by atoms with Crippen LogP contribution in [0.3, 0.4) is 0 Å². The number of nitrogens with two attached hydrogens (primary N) is 1. The first kappa shape index (κ1) is 15.6. The molecule has 0 bridgehead atoms. The summed E-state index contributed by atoms with van der Waals surface area (Å²) in [5, 5.41) is 8.34. The maximum absolute atomic E-state index is 13.1. The summed E-state index contributed by atoms with van der Waals surface area (Å²) in [5.41, 5.74) is 8.32. The molecule has 0 aliphatic carbocycles. The molecule has 0 fully saturated rings. The number of unbranched alkanes of at least 4 members (excludes halogenated alkanes) is 4. The predicted octanol–water partition coefficient (Wildman–Crippen LogP) is 3.51. The van der Waals surface area contributed by atoms with Crippen molar-refractivity contribution < 1.29 is 4.39 Å². The first-order valence-electron chi connectivity index (χ1n) is 7.64. The molecular weight excluding hydrogens is 267 g/mol. The second-order valence-corrected chi connectivity index (χ2v) is 5.23. The van der Waals surface area contributed by atoms with Crippen molar-refractivity contribution in [1.29, 1.82) is 0 Å². The number of nitrogens with zero attached hydrogens (tertiary/aromatic N) is 3. The minimum atomic E-state index is -0.244. The van der Waals surface area contributed by atoms with Crippen LogP contribution in [0.1, 0.15) is 44.7 Å². The van der Waals surface area contributed by atoms with Crippen molar-refractivity contribution in [2.45, 2.75) is 52.1 Å². The summed E-state index contributed by atoms with van der Waals surface area (Å²) in [4.78, 5) is 0. The third-order valence-electron chi connectivity index (χ3n) is 3.59. The molecular formula is C16H23FN4. The Morgan fingerprint density at radius 3 is 2.48 bits per heavy atom. The van der Waals surface area contributed by atoms with E-state index in [0.29, 0.717) is 6.54 Å². The third-order valence-corrected chi connectivity index (χ3v) is 3.59. The van der Waals surface area contributed by atoms with Crippen molar-refractivity contribution in [3.05, 3.63) is 35.8 Å². The highest BCUT2D eigenvalue weighted by Gasteiger charge is 2.13. The van der Waals surface area contributed by atoms with Crippen LogP contribution >= 0.6 is 0 Å². The van der Waals surface area contributed by atoms with Crippen LogP contribution < -0.4 is 5.73 Å². The number of hydrogen-bond donors (Lipinski definition) is 1. The average molecular weight is 290 g/mol. The van der Waals surface area contributed by atoms with E-state index in [1.54, 1.807) is 12.1 Å². The van der Waals surface area contributed by atoms with E-state index in [1.807, 2.05) is 4.68 Å². The zero-order valence-electron chi connectivity index (χ0n) is 12.6. The standard InChI is InChI=1S/C16H23FN4/c1-2-3-4-5-6-11-21-16(15(12-18)19-20-21)13-7-9-14(17)10-8-13/h7-10H,2-6,11-12,18H2,1H3. The normalized spacial score (nSPS) is 11.0. The van der Waals surface area contributed by atoms with Crippen molar-refractivity contribution in [2.75, 3.05) is 0 Å². The number of benzene rings is 1. The summed E-state index contributed by atoms with van der Waals surface area (Å²) in [6, 6.07) is 6.41. The molecule has 0 saturated heterocycles. The summed E-state index contributed by atoms with van der Waals surface area (Å²) in [6.45, 7) is 3.36. The molecule has 114 valence electrons. The molecule has 21 heavy (non-hydrogen) atoms. The van der Waals surface area contributed by atoms with Crippen molar-refractivity contribution >= 4 is 0 Å². The summed E-state index contributed by atoms with van der Waals surface area (Å²) >= 11 is 0. The van der Waals surface area contributed by atoms with Gasteiger partial charge in [-0.15, -0.1) is 5.10 Å². The smallest absolute Gasteiger partial charge is 0.123 e. The van der Waals surface area contributed by atoms with Gasteiger partial charge in [0.1, 0.15) is 11.5 Å². The van der Waals surface area contributed by atoms with Gasteiger partial charge in [0.2, 0.25) is 0 Å². The Labute approximate surface area is 125 Å². The predicted molar refractivity (Wildman–Crippen MR) is 82.1 cm³/mol. The first-order valence-corrected chi connectivity index (χ1v) is 7.64. The SMILES string of the molecule is CCCCCCCn1nnc(CN)c1-c1ccc(F)cc1. The van der Waals surface area contributed by atoms with Crippen molar-refractivity contribution in [3.63, 3.8) is 0 Å². The molecule has 2 N–H and O–H groups in total. The fraction of sp³-hybridized carbons (Fsp3) is 0.500. The Morgan fingerprint density at radius 2 is 1.81 bits per heavy atom. The van der Waals surface area contributed by atoms with E-state index in [-0.39, 0.29) is 5.82 Å². The maximum atomic E-state index is 13.1. The molecule has 1 aromatic heterocycles. The second kappa shape index (κ2) is 7.88. The number of aromatic nitrogens is 3. The molecule has 0 atom stereocenters. The number of hydrogen-bond acceptors (Lipinski definition) is 3. The lowest BCUT2D eigenvalue weighted by molar-refractivity contribution is 0.524. The summed E-state index contributed by atoms with van der Waals surface area (Å²) < 4.78 is 15.0. The molecule has 0 radical (unpaired) electrons. The molecule has 0 amide bonds. The first-order chi connectivity index (χ1) is 10.3. The summed E-state index contributed by atoms with van der Waals surface area (Å²) in [5.74, 6) is -0.244. The monoisotopic (exact) mass is 290 g/mol. The van der Waals surface area contributed by atoms with E-state index in [0.717, 1.165) is 29.9 Å². The third kappa shape index (κ3) is 4.11. The lowest BCUT2D eigenvalue weighted by Gasteiger charge is -2.08. The Bertz CT molecular complexity index is 548. The van der Waals surface area contributed by atoms with Crippen LogP contribution in [0.15, 0.2) is 24.3 Å². The fourth-order valence-corrected chi connectivity index (χ4v) is 2.43. The summed E-state index contributed by atoms with van der Waals surface area (Å²) in [6.07, 6.45) is 6.02. The Morgan fingerprint density at radius 1 is 1.10 bits per heavy atom. The number of halogens is 1. The highest BCUT2D eigenvalue weighted by molar-refractivity contribution is 5.61. The molecule has 4 nitrogen and oxygen atoms in total. The van der Waals surface area contributed by atoms with Crippen LogP contribution in [0.2, 0.25) is 0 Å². The van der Waals surface area contributed by atoms with Crippen LogP contribution in [0, 0.1) is 5.82 Å². The molecule has 2 rings (SSSR count). The van der Waals surface area contributed by atoms with E-state index in [9.17, 15) is 4.39 Å². The minimum Gasteiger partial charge on any atom is -0.325 e. The maximum Gasteiger partial charge on any atom is 0.123 e. The lowest BCUT2D eigenvalue weighted by atomic mass is 10.1. The van der Waals surface area contributed by atoms with E-state index < -0.39 is 0 Å². The Hall–Kier alpha value is -1.75. The molecule has 1 aromatic carbocycles. The molecule has 2 aromatic rings. The van der Waals surface area contributed by atoms with Gasteiger partial charge in [-0.05, 0) is 30.7 Å². The number of aryl methyl sites for hydroxylation is 1. The van der Waals surface area contributed by atoms with Crippen molar-refractivity contribution in [2.24, 2.45) is 5.73 Å². The largest absolute Gasteiger partial charge is 0.325 e. The van der Waals surface area contributed by atoms with Gasteiger partial charge in [-0.1, -0.05) is 37.8 Å². The topological polar surface area (TPSA) is 56.7 Å². The van der Waals surface area contributed by atoms with Gasteiger partial charge in [-0.2, -0.15) is 0 Å². The fourth-order valence-electron chi connectivity index (χ4n) is 2.43. The van der Waals surface area contributed by atoms with Crippen LogP contribution in [-0.2, 0) is 13.1 Å². The molecule has 1 heterocycles. The van der Waals surface area contributed by atoms with E-state index >= 15 is 0 Å². The van der Waals surface area contributed by atoms with Crippen LogP contribution in [0.4, 0.5) is 4.39 Å². The van der Waals surface area contributed by atoms with E-state index in [1.165, 1.54) is 37.8 Å². The zero-order valence-corrected chi connectivity index (χ0v) is 12.6. The highest BCUT2D eigenvalue weighted by Crippen LogP contribution is 2.23. The van der Waals surface area contributed by atoms with Gasteiger partial charge in [0, 0.05) is 18.7 Å². The summed E-state index contributed by atoms with van der Waals surface area (Å²) in [7, 11) is 0. The van der Waals surface area contributed by atoms with Gasteiger partial charge < -0.3 is 5.73 Å². The molecule has 5 heteroatoms. The van der Waals surface area contributed by atoms with E-state index in [2.05, 4.69) is 17.2 Å².